The molecule has 1 aromatic carbocycles. The van der Waals surface area contributed by atoms with Gasteiger partial charge in [0.2, 0.25) is 0 Å². The van der Waals surface area contributed by atoms with Crippen LogP contribution >= 0.6 is 0 Å². The van der Waals surface area contributed by atoms with Crippen LogP contribution in [-0.2, 0) is 9.31 Å². The molecule has 2 nitrogen and oxygen atoms in total. The van der Waals surface area contributed by atoms with Crippen LogP contribution in [-0.4, -0.2) is 18.3 Å². The number of hydrogen-bond donors (Lipinski definition) is 0. The quantitative estimate of drug-likeness (QED) is 0.767. The van der Waals surface area contributed by atoms with Crippen LogP contribution in [0.25, 0.3) is 0 Å². The van der Waals surface area contributed by atoms with Crippen molar-refractivity contribution in [3.05, 3.63) is 29.8 Å². The predicted octanol–water partition coefficient (Wildman–Crippen LogP) is 4.03. The van der Waals surface area contributed by atoms with Crippen molar-refractivity contribution in [3.63, 3.8) is 0 Å². The normalized spacial score (nSPS) is 46.5. The molecule has 1 saturated carbocycles. The van der Waals surface area contributed by atoms with E-state index in [9.17, 15) is 0 Å². The molecule has 1 aromatic rings. The topological polar surface area (TPSA) is 18.5 Å². The summed E-state index contributed by atoms with van der Waals surface area (Å²) < 4.78 is 102. The van der Waals surface area contributed by atoms with Gasteiger partial charge in [-0.3, -0.25) is 0 Å². The van der Waals surface area contributed by atoms with E-state index in [1.54, 1.807) is 0 Å². The van der Waals surface area contributed by atoms with Crippen molar-refractivity contribution in [3.8, 4) is 0 Å². The Morgan fingerprint density at radius 2 is 1.52 bits per heavy atom. The van der Waals surface area contributed by atoms with Crippen LogP contribution in [0.2, 0.25) is 0 Å². The minimum atomic E-state index is -3.54. The van der Waals surface area contributed by atoms with Crippen molar-refractivity contribution < 1.29 is 24.4 Å². The van der Waals surface area contributed by atoms with Crippen LogP contribution in [0.15, 0.2) is 24.3 Å². The lowest BCUT2D eigenvalue weighted by atomic mass is 9.77. The molecule has 3 rings (SSSR count). The fourth-order valence-electron chi connectivity index (χ4n) is 2.18. The van der Waals surface area contributed by atoms with Gasteiger partial charge in [0, 0.05) is 15.1 Å². The van der Waals surface area contributed by atoms with Gasteiger partial charge >= 0.3 is 7.12 Å². The lowest BCUT2D eigenvalue weighted by Gasteiger charge is -2.32. The Bertz CT molecular complexity index is 866. The van der Waals surface area contributed by atoms with E-state index in [1.165, 1.54) is 24.3 Å². The van der Waals surface area contributed by atoms with Crippen LogP contribution in [0.5, 0.6) is 0 Å². The third-order valence-corrected chi connectivity index (χ3v) is 4.22. The summed E-state index contributed by atoms with van der Waals surface area (Å²) in [5, 5.41) is 0. The third kappa shape index (κ3) is 2.91. The summed E-state index contributed by atoms with van der Waals surface area (Å²) in [7, 11) is -0.775. The Hall–Kier alpha value is -0.795. The molecule has 0 N–H and O–H groups in total. The van der Waals surface area contributed by atoms with E-state index in [0.29, 0.717) is 5.46 Å². The highest BCUT2D eigenvalue weighted by atomic mass is 16.7. The summed E-state index contributed by atoms with van der Waals surface area (Å²) in [5.41, 5.74) is -1.06. The molecular formula is C18H27BO2. The lowest BCUT2D eigenvalue weighted by molar-refractivity contribution is 0.00578. The number of hydrogen-bond acceptors (Lipinski definition) is 2. The molecule has 1 heterocycles. The molecule has 114 valence electrons. The Labute approximate surface area is 144 Å². The molecule has 0 radical (unpaired) electrons. The average molecular weight is 297 g/mol. The number of rotatable bonds is 2. The van der Waals surface area contributed by atoms with Crippen LogP contribution in [0, 0.1) is 0 Å². The maximum absolute atomic E-state index is 8.80. The van der Waals surface area contributed by atoms with Gasteiger partial charge in [0.15, 0.2) is 0 Å². The zero-order valence-corrected chi connectivity index (χ0v) is 12.7. The van der Waals surface area contributed by atoms with Gasteiger partial charge in [0.25, 0.3) is 0 Å². The molecule has 0 aromatic heterocycles. The largest absolute Gasteiger partial charge is 0.494 e. The van der Waals surface area contributed by atoms with E-state index in [1.807, 2.05) is 27.7 Å². The van der Waals surface area contributed by atoms with Crippen molar-refractivity contribution in [2.45, 2.75) is 76.7 Å². The van der Waals surface area contributed by atoms with Gasteiger partial charge in [-0.15, -0.1) is 0 Å². The molecule has 2 aliphatic rings. The maximum atomic E-state index is 8.80. The first-order valence-corrected chi connectivity index (χ1v) is 6.99. The molecule has 1 aliphatic carbocycles. The standard InChI is InChI=1S/C18H27BO2/c1-17(2)18(3,4)21-19(20-17)16-12-10-15(11-13-16)14-8-6-5-7-9-14/h10-14H,5-9H2,1-4H3/i5D2,6D2,7D2,8D2,9D2,14D. The van der Waals surface area contributed by atoms with Gasteiger partial charge in [-0.2, -0.15) is 0 Å². The molecular weight excluding hydrogens is 259 g/mol. The predicted molar refractivity (Wildman–Crippen MR) is 88.0 cm³/mol. The van der Waals surface area contributed by atoms with Crippen LogP contribution in [0.3, 0.4) is 0 Å². The Morgan fingerprint density at radius 1 is 1.00 bits per heavy atom. The fraction of sp³-hybridized carbons (Fsp3) is 0.667. The van der Waals surface area contributed by atoms with Crippen LogP contribution in [0.4, 0.5) is 0 Å². The van der Waals surface area contributed by atoms with Crippen LogP contribution < -0.4 is 5.46 Å². The Morgan fingerprint density at radius 3 is 2.05 bits per heavy atom. The Kier molecular flexibility index (Phi) is 1.75. The van der Waals surface area contributed by atoms with E-state index < -0.39 is 56.1 Å². The zero-order valence-electron chi connectivity index (χ0n) is 23.7. The molecule has 0 amide bonds. The second-order valence-electron chi connectivity index (χ2n) is 6.21. The first kappa shape index (κ1) is 6.76. The monoisotopic (exact) mass is 297 g/mol. The van der Waals surface area contributed by atoms with Crippen molar-refractivity contribution in [1.82, 2.24) is 0 Å². The molecule has 3 heteroatoms. The second-order valence-corrected chi connectivity index (χ2v) is 6.21. The molecule has 2 fully saturated rings. The van der Waals surface area contributed by atoms with E-state index in [2.05, 4.69) is 0 Å². The van der Waals surface area contributed by atoms with Crippen molar-refractivity contribution in [2.75, 3.05) is 0 Å². The molecule has 0 spiro atoms. The van der Waals surface area contributed by atoms with Gasteiger partial charge in [-0.25, -0.2) is 0 Å². The fourth-order valence-corrected chi connectivity index (χ4v) is 2.18. The first-order chi connectivity index (χ1) is 14.0. The summed E-state index contributed by atoms with van der Waals surface area (Å²) in [6.07, 6.45) is -17.4. The maximum Gasteiger partial charge on any atom is 0.494 e. The highest BCUT2D eigenvalue weighted by molar-refractivity contribution is 6.62. The smallest absolute Gasteiger partial charge is 0.399 e. The lowest BCUT2D eigenvalue weighted by Crippen LogP contribution is -2.41. The van der Waals surface area contributed by atoms with Gasteiger partial charge in [-0.05, 0) is 57.4 Å². The molecule has 1 aliphatic heterocycles. The summed E-state index contributed by atoms with van der Waals surface area (Å²) in [4.78, 5) is 0. The molecule has 1 saturated heterocycles. The van der Waals surface area contributed by atoms with Crippen LogP contribution in [0.1, 0.15) is 86.1 Å². The van der Waals surface area contributed by atoms with E-state index >= 15 is 0 Å². The van der Waals surface area contributed by atoms with Crippen molar-refractivity contribution in [2.24, 2.45) is 0 Å². The highest BCUT2D eigenvalue weighted by Gasteiger charge is 2.51. The molecule has 21 heavy (non-hydrogen) atoms. The van der Waals surface area contributed by atoms with Gasteiger partial charge in [0.05, 0.1) is 11.2 Å². The SMILES string of the molecule is [2H]C1([2H])C([2H])([2H])C([2H])([2H])C([2H])(c2ccc(B3OC(C)(C)C(C)(C)O3)cc2)C([2H])([2H])C1([2H])[2H]. The first-order valence-electron chi connectivity index (χ1n) is 12.5. The minimum Gasteiger partial charge on any atom is -0.399 e. The molecule has 0 bridgehead atoms. The third-order valence-electron chi connectivity index (χ3n) is 4.22. The minimum absolute atomic E-state index is 0.323. The average Bonchev–Trinajstić information content (AvgIpc) is 2.86. The zero-order chi connectivity index (χ0) is 25.0. The summed E-state index contributed by atoms with van der Waals surface area (Å²) in [6.45, 7) is 7.46. The summed E-state index contributed by atoms with van der Waals surface area (Å²) in [5.74, 6) is -3.10. The van der Waals surface area contributed by atoms with Crippen molar-refractivity contribution in [1.29, 1.82) is 0 Å². The molecule has 0 unspecified atom stereocenters. The van der Waals surface area contributed by atoms with Gasteiger partial charge in [-0.1, -0.05) is 43.4 Å². The number of benzene rings is 1. The van der Waals surface area contributed by atoms with Gasteiger partial charge < -0.3 is 9.31 Å². The van der Waals surface area contributed by atoms with Gasteiger partial charge in [0.1, 0.15) is 0 Å². The summed E-state index contributed by atoms with van der Waals surface area (Å²) in [6, 6.07) is 5.31. The molecule has 0 atom stereocenters. The van der Waals surface area contributed by atoms with E-state index in [4.69, 9.17) is 24.4 Å². The van der Waals surface area contributed by atoms with E-state index in [-0.39, 0.29) is 5.56 Å². The Balaban J connectivity index is 2.12. The second kappa shape index (κ2) is 5.44. The highest BCUT2D eigenvalue weighted by Crippen LogP contribution is 2.37. The van der Waals surface area contributed by atoms with Crippen molar-refractivity contribution >= 4 is 12.6 Å². The summed E-state index contributed by atoms with van der Waals surface area (Å²) >= 11 is 0. The van der Waals surface area contributed by atoms with E-state index in [0.717, 1.165) is 0 Å².